The van der Waals surface area contributed by atoms with Gasteiger partial charge in [-0.25, -0.2) is 0 Å². The minimum atomic E-state index is -0.774. The first-order valence-electron chi connectivity index (χ1n) is 33.2. The van der Waals surface area contributed by atoms with Crippen molar-refractivity contribution >= 4 is 17.9 Å². The van der Waals surface area contributed by atoms with E-state index in [0.29, 0.717) is 19.3 Å². The van der Waals surface area contributed by atoms with Crippen molar-refractivity contribution in [2.45, 2.75) is 329 Å². The topological polar surface area (TPSA) is 78.9 Å². The summed E-state index contributed by atoms with van der Waals surface area (Å²) in [6.07, 6.45) is 88.6. The molecule has 0 aromatic rings. The van der Waals surface area contributed by atoms with Gasteiger partial charge in [-0.3, -0.25) is 14.4 Å². The van der Waals surface area contributed by atoms with Crippen LogP contribution in [0.5, 0.6) is 0 Å². The first-order chi connectivity index (χ1) is 38.5. The maximum atomic E-state index is 12.9. The molecule has 0 aromatic heterocycles. The van der Waals surface area contributed by atoms with Crippen molar-refractivity contribution in [3.05, 3.63) is 97.2 Å². The van der Waals surface area contributed by atoms with Gasteiger partial charge in [0.2, 0.25) is 0 Å². The van der Waals surface area contributed by atoms with Gasteiger partial charge in [-0.1, -0.05) is 317 Å². The van der Waals surface area contributed by atoms with Gasteiger partial charge in [0.25, 0.3) is 0 Å². The molecule has 0 aliphatic carbocycles. The molecule has 0 amide bonds. The van der Waals surface area contributed by atoms with Crippen molar-refractivity contribution < 1.29 is 28.6 Å². The molecule has 1 atom stereocenters. The van der Waals surface area contributed by atoms with Crippen LogP contribution in [-0.4, -0.2) is 37.2 Å². The van der Waals surface area contributed by atoms with Gasteiger partial charge in [-0.2, -0.15) is 0 Å². The lowest BCUT2D eigenvalue weighted by molar-refractivity contribution is -0.167. The molecule has 0 saturated carbocycles. The van der Waals surface area contributed by atoms with Crippen LogP contribution in [0, 0.1) is 0 Å². The zero-order valence-electron chi connectivity index (χ0n) is 51.4. The van der Waals surface area contributed by atoms with Gasteiger partial charge in [-0.15, -0.1) is 0 Å². The number of esters is 3. The van der Waals surface area contributed by atoms with E-state index < -0.39 is 6.10 Å². The van der Waals surface area contributed by atoms with Gasteiger partial charge in [0.1, 0.15) is 13.2 Å². The summed E-state index contributed by atoms with van der Waals surface area (Å²) in [6, 6.07) is 0. The highest BCUT2D eigenvalue weighted by atomic mass is 16.6. The molecule has 0 fully saturated rings. The summed E-state index contributed by atoms with van der Waals surface area (Å²) in [7, 11) is 0. The Morgan fingerprint density at radius 2 is 0.500 bits per heavy atom. The highest BCUT2D eigenvalue weighted by Crippen LogP contribution is 2.17. The maximum absolute atomic E-state index is 12.9. The highest BCUT2D eigenvalue weighted by molar-refractivity contribution is 5.71. The monoisotopic (exact) mass is 1080 g/mol. The van der Waals surface area contributed by atoms with Gasteiger partial charge in [0.05, 0.1) is 0 Å². The molecule has 1 unspecified atom stereocenters. The molecule has 448 valence electrons. The van der Waals surface area contributed by atoms with Crippen LogP contribution < -0.4 is 0 Å². The van der Waals surface area contributed by atoms with Crippen molar-refractivity contribution in [1.82, 2.24) is 0 Å². The first-order valence-corrected chi connectivity index (χ1v) is 33.2. The standard InChI is InChI=1S/C72H124O6/c1-4-7-10-13-16-19-22-24-26-27-28-29-30-31-32-33-34-35-36-37-38-39-40-41-42-43-44-45-47-48-50-53-56-59-62-65-71(74)77-68-69(67-76-70(73)64-61-58-55-52-21-18-15-12-9-6-3)78-72(75)66-63-60-57-54-51-49-46-25-23-20-17-14-11-8-5-2/h7,10,16,19,24,26,28-29,31-32,34-35,37-38,40-41,69H,4-6,8-9,11-15,17-18,20-23,25,27,30,33,36,39,42-68H2,1-3H3/b10-7-,19-16-,26-24-,29-28-,32-31-,35-34-,38-37-,41-40-. The van der Waals surface area contributed by atoms with Crippen molar-refractivity contribution in [3.63, 3.8) is 0 Å². The number of unbranched alkanes of at least 4 members (excludes halogenated alkanes) is 33. The van der Waals surface area contributed by atoms with Crippen LogP contribution in [0.25, 0.3) is 0 Å². The molecule has 0 radical (unpaired) electrons. The summed E-state index contributed by atoms with van der Waals surface area (Å²) in [5.74, 6) is -0.865. The van der Waals surface area contributed by atoms with Gasteiger partial charge in [-0.05, 0) is 83.5 Å². The van der Waals surface area contributed by atoms with Crippen LogP contribution in [0.15, 0.2) is 97.2 Å². The van der Waals surface area contributed by atoms with E-state index in [1.165, 1.54) is 173 Å². The minimum Gasteiger partial charge on any atom is -0.462 e. The summed E-state index contributed by atoms with van der Waals surface area (Å²) in [5.41, 5.74) is 0. The van der Waals surface area contributed by atoms with Crippen molar-refractivity contribution in [3.8, 4) is 0 Å². The van der Waals surface area contributed by atoms with Crippen molar-refractivity contribution in [2.24, 2.45) is 0 Å². The Bertz CT molecular complexity index is 1530. The zero-order valence-corrected chi connectivity index (χ0v) is 51.4. The van der Waals surface area contributed by atoms with E-state index in [0.717, 1.165) is 109 Å². The Hall–Kier alpha value is -3.67. The van der Waals surface area contributed by atoms with Crippen LogP contribution in [0.3, 0.4) is 0 Å². The van der Waals surface area contributed by atoms with E-state index in [-0.39, 0.29) is 31.1 Å². The van der Waals surface area contributed by atoms with Crippen LogP contribution in [0.1, 0.15) is 323 Å². The van der Waals surface area contributed by atoms with Crippen molar-refractivity contribution in [1.29, 1.82) is 0 Å². The predicted molar refractivity (Wildman–Crippen MR) is 339 cm³/mol. The second-order valence-electron chi connectivity index (χ2n) is 22.0. The molecular formula is C72H124O6. The average molecular weight is 1090 g/mol. The van der Waals surface area contributed by atoms with E-state index in [4.69, 9.17) is 14.2 Å². The minimum absolute atomic E-state index is 0.0728. The zero-order chi connectivity index (χ0) is 56.4. The lowest BCUT2D eigenvalue weighted by atomic mass is 10.0. The van der Waals surface area contributed by atoms with Crippen LogP contribution in [0.4, 0.5) is 0 Å². The van der Waals surface area contributed by atoms with E-state index in [2.05, 4.69) is 118 Å². The molecular weight excluding hydrogens is 961 g/mol. The Balaban J connectivity index is 4.14. The third-order valence-electron chi connectivity index (χ3n) is 14.4. The maximum Gasteiger partial charge on any atom is 0.306 e. The quantitative estimate of drug-likeness (QED) is 0.0261. The summed E-state index contributed by atoms with van der Waals surface area (Å²) in [5, 5.41) is 0. The normalized spacial score (nSPS) is 12.7. The number of carbonyl (C=O) groups is 3. The Morgan fingerprint density at radius 3 is 0.782 bits per heavy atom. The van der Waals surface area contributed by atoms with E-state index in [9.17, 15) is 14.4 Å². The van der Waals surface area contributed by atoms with Gasteiger partial charge in [0, 0.05) is 19.3 Å². The summed E-state index contributed by atoms with van der Waals surface area (Å²) >= 11 is 0. The number of hydrogen-bond acceptors (Lipinski definition) is 6. The summed E-state index contributed by atoms with van der Waals surface area (Å²) < 4.78 is 16.9. The molecule has 6 heteroatoms. The molecule has 0 aromatic carbocycles. The second-order valence-corrected chi connectivity index (χ2v) is 22.0. The molecule has 0 aliphatic heterocycles. The predicted octanol–water partition coefficient (Wildman–Crippen LogP) is 22.8. The molecule has 0 spiro atoms. The SMILES string of the molecule is CC/C=C\C/C=C\C/C=C\C/C=C\C/C=C\C/C=C\C/C=C\C/C=C\CCCCCCCCCCCCC(=O)OCC(COC(=O)CCCCCCCCCCCC)OC(=O)CCCCCCCCCCCCCCCCC. The van der Waals surface area contributed by atoms with Crippen LogP contribution >= 0.6 is 0 Å². The van der Waals surface area contributed by atoms with Crippen molar-refractivity contribution in [2.75, 3.05) is 13.2 Å². The fourth-order valence-corrected chi connectivity index (χ4v) is 9.40. The van der Waals surface area contributed by atoms with Gasteiger partial charge < -0.3 is 14.2 Å². The molecule has 0 N–H and O–H groups in total. The number of hydrogen-bond donors (Lipinski definition) is 0. The molecule has 0 aliphatic rings. The van der Waals surface area contributed by atoms with E-state index in [1.54, 1.807) is 0 Å². The molecule has 0 heterocycles. The molecule has 0 rings (SSSR count). The largest absolute Gasteiger partial charge is 0.462 e. The Kier molecular flexibility index (Phi) is 62.7. The average Bonchev–Trinajstić information content (AvgIpc) is 3.44. The lowest BCUT2D eigenvalue weighted by Crippen LogP contribution is -2.30. The third-order valence-corrected chi connectivity index (χ3v) is 14.4. The number of allylic oxidation sites excluding steroid dienone is 16. The number of rotatable bonds is 60. The van der Waals surface area contributed by atoms with E-state index >= 15 is 0 Å². The fraction of sp³-hybridized carbons (Fsp3) is 0.736. The summed E-state index contributed by atoms with van der Waals surface area (Å²) in [6.45, 7) is 6.54. The first kappa shape index (κ1) is 74.3. The summed E-state index contributed by atoms with van der Waals surface area (Å²) in [4.78, 5) is 38.2. The molecule has 78 heavy (non-hydrogen) atoms. The molecule has 0 bridgehead atoms. The third kappa shape index (κ3) is 63.2. The van der Waals surface area contributed by atoms with E-state index in [1.807, 2.05) is 0 Å². The highest BCUT2D eigenvalue weighted by Gasteiger charge is 2.19. The fourth-order valence-electron chi connectivity index (χ4n) is 9.40. The Labute approximate surface area is 483 Å². The Morgan fingerprint density at radius 1 is 0.269 bits per heavy atom. The molecule has 0 saturated heterocycles. The van der Waals surface area contributed by atoms with Crippen LogP contribution in [-0.2, 0) is 28.6 Å². The number of ether oxygens (including phenoxy) is 3. The smallest absolute Gasteiger partial charge is 0.306 e. The number of carbonyl (C=O) groups excluding carboxylic acids is 3. The molecule has 6 nitrogen and oxygen atoms in total. The van der Waals surface area contributed by atoms with Crippen LogP contribution in [0.2, 0.25) is 0 Å². The van der Waals surface area contributed by atoms with Gasteiger partial charge >= 0.3 is 17.9 Å². The lowest BCUT2D eigenvalue weighted by Gasteiger charge is -2.18. The van der Waals surface area contributed by atoms with Gasteiger partial charge in [0.15, 0.2) is 6.10 Å². The second kappa shape index (κ2) is 65.8.